The Morgan fingerprint density at radius 1 is 1.17 bits per heavy atom. The van der Waals surface area contributed by atoms with Gasteiger partial charge in [0.25, 0.3) is 10.0 Å². The number of benzene rings is 2. The number of aromatic nitrogens is 1. The van der Waals surface area contributed by atoms with E-state index in [1.165, 1.54) is 48.7 Å². The van der Waals surface area contributed by atoms with Crippen LogP contribution in [-0.4, -0.2) is 43.5 Å². The summed E-state index contributed by atoms with van der Waals surface area (Å²) in [6.45, 7) is 0.730. The maximum Gasteiger partial charge on any atom is 0.343 e. The zero-order chi connectivity index (χ0) is 25.5. The van der Waals surface area contributed by atoms with E-state index in [-0.39, 0.29) is 39.7 Å². The second-order valence-corrected chi connectivity index (χ2v) is 9.56. The van der Waals surface area contributed by atoms with Crippen LogP contribution in [0.1, 0.15) is 28.8 Å². The van der Waals surface area contributed by atoms with Gasteiger partial charge in [0.2, 0.25) is 0 Å². The van der Waals surface area contributed by atoms with Gasteiger partial charge in [-0.25, -0.2) is 18.2 Å². The average molecular weight is 510 g/mol. The van der Waals surface area contributed by atoms with Crippen LogP contribution >= 0.6 is 0 Å². The van der Waals surface area contributed by atoms with E-state index >= 15 is 0 Å². The molecular formula is C24H23N5O6S. The number of hydrogen-bond donors (Lipinski definition) is 3. The maximum absolute atomic E-state index is 12.6. The molecule has 0 amide bonds. The molecule has 36 heavy (non-hydrogen) atoms. The number of anilines is 1. The van der Waals surface area contributed by atoms with Crippen molar-refractivity contribution >= 4 is 39.5 Å². The molecule has 1 fully saturated rings. The van der Waals surface area contributed by atoms with Gasteiger partial charge in [-0.3, -0.25) is 10.0 Å². The van der Waals surface area contributed by atoms with E-state index in [4.69, 9.17) is 4.74 Å². The van der Waals surface area contributed by atoms with Crippen molar-refractivity contribution in [2.75, 3.05) is 11.3 Å². The fourth-order valence-electron chi connectivity index (χ4n) is 3.51. The van der Waals surface area contributed by atoms with Crippen LogP contribution in [0.5, 0.6) is 5.75 Å². The van der Waals surface area contributed by atoms with Crippen LogP contribution in [0.4, 0.5) is 17.2 Å². The molecule has 0 spiro atoms. The lowest BCUT2D eigenvalue weighted by atomic mass is 10.1. The van der Waals surface area contributed by atoms with Crippen LogP contribution in [0.2, 0.25) is 0 Å². The minimum absolute atomic E-state index is 0.00978. The van der Waals surface area contributed by atoms with E-state index in [0.717, 1.165) is 13.0 Å². The summed E-state index contributed by atoms with van der Waals surface area (Å²) >= 11 is 0. The lowest BCUT2D eigenvalue weighted by Crippen LogP contribution is -2.27. The van der Waals surface area contributed by atoms with Gasteiger partial charge in [-0.15, -0.1) is 0 Å². The fraction of sp³-hybridized carbons (Fsp3) is 0.208. The number of sulfonamides is 1. The van der Waals surface area contributed by atoms with E-state index in [1.54, 1.807) is 12.1 Å². The van der Waals surface area contributed by atoms with Gasteiger partial charge in [0, 0.05) is 18.2 Å². The molecular weight excluding hydrogens is 486 g/mol. The first-order valence-corrected chi connectivity index (χ1v) is 12.5. The third-order valence-electron chi connectivity index (χ3n) is 5.29. The van der Waals surface area contributed by atoms with Crippen molar-refractivity contribution in [1.82, 2.24) is 10.3 Å². The van der Waals surface area contributed by atoms with Crippen molar-refractivity contribution in [3.63, 3.8) is 0 Å². The highest BCUT2D eigenvalue weighted by molar-refractivity contribution is 7.92. The number of azo groups is 1. The lowest BCUT2D eigenvalue weighted by Gasteiger charge is -2.14. The quantitative estimate of drug-likeness (QED) is 0.224. The Balaban J connectivity index is 1.53. The molecule has 11 nitrogen and oxygen atoms in total. The summed E-state index contributed by atoms with van der Waals surface area (Å²) < 4.78 is 32.8. The molecule has 1 aliphatic rings. The van der Waals surface area contributed by atoms with Crippen molar-refractivity contribution in [3.8, 4) is 5.75 Å². The highest BCUT2D eigenvalue weighted by Crippen LogP contribution is 2.31. The molecule has 3 N–H and O–H groups in total. The molecule has 1 aliphatic heterocycles. The van der Waals surface area contributed by atoms with Gasteiger partial charge in [0.05, 0.1) is 16.3 Å². The van der Waals surface area contributed by atoms with Crippen molar-refractivity contribution in [1.29, 1.82) is 0 Å². The minimum Gasteiger partial charge on any atom is -0.507 e. The zero-order valence-electron chi connectivity index (χ0n) is 19.0. The summed E-state index contributed by atoms with van der Waals surface area (Å²) in [7, 11) is -3.84. The molecule has 4 rings (SSSR count). The topological polar surface area (TPSA) is 159 Å². The number of aromatic hydroxyl groups is 1. The Kier molecular flexibility index (Phi) is 7.66. The number of aldehydes is 1. The van der Waals surface area contributed by atoms with Gasteiger partial charge in [0.15, 0.2) is 6.23 Å². The second-order valence-electron chi connectivity index (χ2n) is 7.88. The van der Waals surface area contributed by atoms with Gasteiger partial charge in [-0.05, 0) is 67.9 Å². The van der Waals surface area contributed by atoms with Crippen molar-refractivity contribution in [2.45, 2.75) is 30.4 Å². The molecule has 2 heterocycles. The number of pyridine rings is 1. The lowest BCUT2D eigenvalue weighted by molar-refractivity contribution is -0.107. The molecule has 1 saturated heterocycles. The molecule has 12 heteroatoms. The Morgan fingerprint density at radius 2 is 1.94 bits per heavy atom. The largest absolute Gasteiger partial charge is 0.507 e. The molecule has 0 radical (unpaired) electrons. The SMILES string of the molecule is O=CCc1cc(N=Nc2ccc(S(=O)(=O)Nc3ccccn3)cc2)cc(C(=O)OC2CCCN2)c1O. The highest BCUT2D eigenvalue weighted by Gasteiger charge is 2.23. The predicted molar refractivity (Wildman–Crippen MR) is 130 cm³/mol. The number of carbonyl (C=O) groups excluding carboxylic acids is 2. The molecule has 1 unspecified atom stereocenters. The number of carbonyl (C=O) groups is 2. The number of nitrogens with zero attached hydrogens (tertiary/aromatic N) is 3. The Morgan fingerprint density at radius 3 is 2.61 bits per heavy atom. The molecule has 1 aromatic heterocycles. The van der Waals surface area contributed by atoms with E-state index in [9.17, 15) is 23.1 Å². The average Bonchev–Trinajstić information content (AvgIpc) is 3.38. The first-order valence-electron chi connectivity index (χ1n) is 11.1. The molecule has 2 aromatic carbocycles. The normalized spacial score (nSPS) is 15.6. The van der Waals surface area contributed by atoms with Crippen molar-refractivity contribution in [3.05, 3.63) is 71.9 Å². The Hall–Kier alpha value is -4.16. The van der Waals surface area contributed by atoms with Crippen molar-refractivity contribution in [2.24, 2.45) is 10.2 Å². The van der Waals surface area contributed by atoms with Crippen LogP contribution in [0.25, 0.3) is 0 Å². The van der Waals surface area contributed by atoms with E-state index in [2.05, 4.69) is 25.3 Å². The Labute approximate surface area is 207 Å². The number of phenols is 1. The van der Waals surface area contributed by atoms with Crippen molar-refractivity contribution < 1.29 is 27.9 Å². The summed E-state index contributed by atoms with van der Waals surface area (Å²) in [5, 5.41) is 21.7. The third-order valence-corrected chi connectivity index (χ3v) is 6.66. The summed E-state index contributed by atoms with van der Waals surface area (Å²) in [6.07, 6.45) is 3.03. The number of esters is 1. The maximum atomic E-state index is 12.6. The van der Waals surface area contributed by atoms with Crippen LogP contribution in [0.15, 0.2) is 75.9 Å². The zero-order valence-corrected chi connectivity index (χ0v) is 19.8. The standard InChI is InChI=1S/C24H23N5O6S/c30-13-10-16-14-18(15-20(23(16)31)24(32)35-22-5-3-12-26-22)28-27-17-6-8-19(9-7-17)36(33,34)29-21-4-1-2-11-25-21/h1-2,4,6-9,11,13-15,22,26,31H,3,5,10,12H2,(H,25,29). The van der Waals surface area contributed by atoms with Crippen LogP contribution in [-0.2, 0) is 26.0 Å². The summed E-state index contributed by atoms with van der Waals surface area (Å²) in [5.74, 6) is -0.900. The van der Waals surface area contributed by atoms with E-state index in [1.807, 2.05) is 0 Å². The smallest absolute Gasteiger partial charge is 0.343 e. The number of hydrogen-bond acceptors (Lipinski definition) is 10. The van der Waals surface area contributed by atoms with Gasteiger partial charge >= 0.3 is 5.97 Å². The van der Waals surface area contributed by atoms with Crippen LogP contribution in [0, 0.1) is 0 Å². The molecule has 186 valence electrons. The first-order chi connectivity index (χ1) is 17.4. The first kappa shape index (κ1) is 24.9. The molecule has 1 atom stereocenters. The predicted octanol–water partition coefficient (Wildman–Crippen LogP) is 3.61. The van der Waals surface area contributed by atoms with E-state index < -0.39 is 22.2 Å². The molecule has 0 bridgehead atoms. The van der Waals surface area contributed by atoms with Gasteiger partial charge in [-0.1, -0.05) is 6.07 Å². The minimum atomic E-state index is -3.84. The number of phenolic OH excluding ortho intramolecular Hbond substituents is 1. The second kappa shape index (κ2) is 11.1. The van der Waals surface area contributed by atoms with Crippen LogP contribution < -0.4 is 10.0 Å². The summed E-state index contributed by atoms with van der Waals surface area (Å²) in [4.78, 5) is 27.6. The van der Waals surface area contributed by atoms with Gasteiger partial charge < -0.3 is 14.6 Å². The van der Waals surface area contributed by atoms with E-state index in [0.29, 0.717) is 18.4 Å². The summed E-state index contributed by atoms with van der Waals surface area (Å²) in [5.41, 5.74) is 0.634. The van der Waals surface area contributed by atoms with Gasteiger partial charge in [0.1, 0.15) is 23.4 Å². The number of nitrogens with one attached hydrogen (secondary N) is 2. The monoisotopic (exact) mass is 509 g/mol. The number of rotatable bonds is 9. The fourth-order valence-corrected chi connectivity index (χ4v) is 4.52. The molecule has 3 aromatic rings. The van der Waals surface area contributed by atoms with Gasteiger partial charge in [-0.2, -0.15) is 10.2 Å². The highest BCUT2D eigenvalue weighted by atomic mass is 32.2. The van der Waals surface area contributed by atoms with Crippen LogP contribution in [0.3, 0.4) is 0 Å². The molecule has 0 aliphatic carbocycles. The third kappa shape index (κ3) is 6.09. The summed E-state index contributed by atoms with van der Waals surface area (Å²) in [6, 6.07) is 13.3. The number of ether oxygens (including phenoxy) is 1. The molecule has 0 saturated carbocycles. The Bertz CT molecular complexity index is 1370.